The molecule has 1 N–H and O–H groups in total. The number of ether oxygens (including phenoxy) is 1. The second-order valence-electron chi connectivity index (χ2n) is 18.8. The highest BCUT2D eigenvalue weighted by molar-refractivity contribution is 5.90. The van der Waals surface area contributed by atoms with Crippen molar-refractivity contribution in [1.82, 2.24) is 14.7 Å². The average Bonchev–Trinajstić information content (AvgIpc) is 3.89. The van der Waals surface area contributed by atoms with Crippen molar-refractivity contribution in [3.63, 3.8) is 0 Å². The normalized spacial score (nSPS) is 45.7. The van der Waals surface area contributed by atoms with Crippen molar-refractivity contribution >= 4 is 12.3 Å². The van der Waals surface area contributed by atoms with Crippen LogP contribution >= 0.6 is 0 Å². The molecule has 4 saturated carbocycles. The number of aliphatic carboxylic acids is 1. The van der Waals surface area contributed by atoms with E-state index in [4.69, 9.17) is 4.74 Å². The number of nitrogens with zero attached hydrogens (tertiary/aromatic N) is 3. The van der Waals surface area contributed by atoms with Gasteiger partial charge in [0.2, 0.25) is 0 Å². The molecule has 0 aromatic rings. The third kappa shape index (κ3) is 4.93. The largest absolute Gasteiger partial charge is 0.481 e. The van der Waals surface area contributed by atoms with Gasteiger partial charge >= 0.3 is 5.97 Å². The lowest BCUT2D eigenvalue weighted by atomic mass is 9.41. The fourth-order valence-corrected chi connectivity index (χ4v) is 14.1. The van der Waals surface area contributed by atoms with Crippen LogP contribution in [0.5, 0.6) is 0 Å². The molecule has 0 aromatic carbocycles. The number of piperazine rings is 1. The Morgan fingerprint density at radius 1 is 0.958 bits per heavy atom. The fourth-order valence-electron chi connectivity index (χ4n) is 14.1. The number of carboxylic acids is 1. The molecule has 8 aliphatic rings. The minimum atomic E-state index is -1.13. The molecule has 3 saturated heterocycles. The van der Waals surface area contributed by atoms with Crippen LogP contribution in [0.1, 0.15) is 97.8 Å². The topological polar surface area (TPSA) is 73.3 Å². The maximum Gasteiger partial charge on any atom is 0.315 e. The maximum absolute atomic E-state index is 14.2. The summed E-state index contributed by atoms with van der Waals surface area (Å²) in [4.78, 5) is 35.7. The molecule has 4 bridgehead atoms. The minimum Gasteiger partial charge on any atom is -0.481 e. The molecule has 10 atom stereocenters. The smallest absolute Gasteiger partial charge is 0.315 e. The molecule has 268 valence electrons. The van der Waals surface area contributed by atoms with Gasteiger partial charge in [0.1, 0.15) is 11.7 Å². The number of carboxylic acid groups (broad SMARTS) is 1. The Bertz CT molecular complexity index is 1250. The summed E-state index contributed by atoms with van der Waals surface area (Å²) in [5, 5.41) is 11.6. The third-order valence-corrected chi connectivity index (χ3v) is 16.3. The van der Waals surface area contributed by atoms with E-state index in [0.29, 0.717) is 24.2 Å². The van der Waals surface area contributed by atoms with Crippen molar-refractivity contribution in [2.75, 3.05) is 59.4 Å². The predicted octanol–water partition coefficient (Wildman–Crippen LogP) is 6.22. The number of rotatable bonds is 10. The van der Waals surface area contributed by atoms with Gasteiger partial charge in [0.15, 0.2) is 0 Å². The van der Waals surface area contributed by atoms with E-state index in [2.05, 4.69) is 48.6 Å². The first-order valence-electron chi connectivity index (χ1n) is 20.3. The molecule has 0 amide bonds. The van der Waals surface area contributed by atoms with Crippen molar-refractivity contribution in [2.24, 2.45) is 63.6 Å². The standard InChI is InChI=1S/C41H65N3O4/c1-27(2)35-21-32-22-39(26-45)34-10-9-28(3)33(34)23-40(32,41(35,39)38(46)47)37-20-31(19-29-7-5-6-8-29)36(48-37)25-43-13-11-30(12-14-43)24-44-17-15-42(4)16-18-44/h21,26-34,36-37H,5-20,22-25H2,1-4H3,(H,46,47)/t28-,31-,32?,33-,34-,36+,37-,39?,40?,41+/m1/s1. The van der Waals surface area contributed by atoms with Gasteiger partial charge in [0, 0.05) is 44.7 Å². The zero-order chi connectivity index (χ0) is 33.4. The molecule has 0 radical (unpaired) electrons. The van der Waals surface area contributed by atoms with Crippen LogP contribution in [0.25, 0.3) is 0 Å². The van der Waals surface area contributed by atoms with Crippen LogP contribution in [0.3, 0.4) is 0 Å². The molecule has 7 fully saturated rings. The molecule has 0 spiro atoms. The predicted molar refractivity (Wildman–Crippen MR) is 188 cm³/mol. The third-order valence-electron chi connectivity index (χ3n) is 16.3. The SMILES string of the molecule is CC(C)C1=CC2CC3(C=O)[C@@H]4CC[C@@H](C)[C@H]4CC2([C@H]2C[C@@H](CC4CCCC4)[C@H](CN4CCC(CN5CCN(C)CC5)CC4)O2)[C@]13C(=O)O. The maximum atomic E-state index is 14.2. The number of hydrogen-bond donors (Lipinski definition) is 1. The summed E-state index contributed by atoms with van der Waals surface area (Å²) in [6.45, 7) is 16.0. The van der Waals surface area contributed by atoms with Crippen LogP contribution in [0.2, 0.25) is 0 Å². The second-order valence-corrected chi connectivity index (χ2v) is 18.8. The Labute approximate surface area is 290 Å². The number of hydrogen-bond acceptors (Lipinski definition) is 6. The summed E-state index contributed by atoms with van der Waals surface area (Å²) in [6.07, 6.45) is 17.5. The summed E-state index contributed by atoms with van der Waals surface area (Å²) in [5.41, 5.74) is -1.40. The lowest BCUT2D eigenvalue weighted by Gasteiger charge is -2.60. The number of allylic oxidation sites excluding steroid dienone is 1. The molecular formula is C41H65N3O4. The van der Waals surface area contributed by atoms with Gasteiger partial charge < -0.3 is 29.3 Å². The molecule has 7 heteroatoms. The molecule has 3 unspecified atom stereocenters. The molecule has 7 nitrogen and oxygen atoms in total. The van der Waals surface area contributed by atoms with E-state index in [9.17, 15) is 14.7 Å². The van der Waals surface area contributed by atoms with E-state index in [1.54, 1.807) is 0 Å². The van der Waals surface area contributed by atoms with Crippen LogP contribution in [0.4, 0.5) is 0 Å². The molecular weight excluding hydrogens is 598 g/mol. The van der Waals surface area contributed by atoms with Gasteiger partial charge in [-0.05, 0) is 112 Å². The van der Waals surface area contributed by atoms with Gasteiger partial charge in [0.05, 0.1) is 17.6 Å². The molecule has 5 aliphatic carbocycles. The van der Waals surface area contributed by atoms with Crippen LogP contribution < -0.4 is 0 Å². The lowest BCUT2D eigenvalue weighted by Crippen LogP contribution is -2.65. The summed E-state index contributed by atoms with van der Waals surface area (Å²) in [7, 11) is 2.24. The number of carbonyl (C=O) groups is 2. The van der Waals surface area contributed by atoms with Gasteiger partial charge in [-0.1, -0.05) is 64.5 Å². The number of piperidine rings is 1. The lowest BCUT2D eigenvalue weighted by molar-refractivity contribution is -0.197. The summed E-state index contributed by atoms with van der Waals surface area (Å²) in [5.74, 6) is 2.70. The minimum absolute atomic E-state index is 0.0900. The molecule has 48 heavy (non-hydrogen) atoms. The van der Waals surface area contributed by atoms with E-state index in [-0.39, 0.29) is 30.0 Å². The first-order chi connectivity index (χ1) is 23.1. The number of aldehydes is 1. The van der Waals surface area contributed by atoms with Crippen molar-refractivity contribution in [2.45, 2.75) is 110 Å². The van der Waals surface area contributed by atoms with Gasteiger partial charge in [-0.2, -0.15) is 0 Å². The quantitative estimate of drug-likeness (QED) is 0.220. The molecule has 8 rings (SSSR count). The number of likely N-dealkylation sites (N-methyl/N-ethyl adjacent to an activating group) is 1. The Hall–Kier alpha value is -1.28. The van der Waals surface area contributed by atoms with Crippen LogP contribution in [0, 0.1) is 63.6 Å². The average molecular weight is 664 g/mol. The van der Waals surface area contributed by atoms with Gasteiger partial charge in [-0.15, -0.1) is 0 Å². The first-order valence-corrected chi connectivity index (χ1v) is 20.3. The fraction of sp³-hybridized carbons (Fsp3) is 0.902. The Balaban J connectivity index is 1.07. The van der Waals surface area contributed by atoms with Crippen LogP contribution in [-0.2, 0) is 14.3 Å². The van der Waals surface area contributed by atoms with E-state index >= 15 is 0 Å². The number of likely N-dealkylation sites (tertiary alicyclic amines) is 1. The zero-order valence-electron chi connectivity index (χ0n) is 30.6. The monoisotopic (exact) mass is 663 g/mol. The molecule has 0 aromatic heterocycles. The zero-order valence-corrected chi connectivity index (χ0v) is 30.6. The van der Waals surface area contributed by atoms with Crippen molar-refractivity contribution < 1.29 is 19.4 Å². The van der Waals surface area contributed by atoms with E-state index < -0.39 is 22.2 Å². The highest BCUT2D eigenvalue weighted by atomic mass is 16.5. The van der Waals surface area contributed by atoms with Gasteiger partial charge in [-0.25, -0.2) is 0 Å². The summed E-state index contributed by atoms with van der Waals surface area (Å²) in [6, 6.07) is 0. The van der Waals surface area contributed by atoms with Gasteiger partial charge in [0.25, 0.3) is 0 Å². The van der Waals surface area contributed by atoms with Crippen molar-refractivity contribution in [3.05, 3.63) is 11.6 Å². The number of carbonyl (C=O) groups excluding carboxylic acids is 1. The van der Waals surface area contributed by atoms with E-state index in [1.165, 1.54) is 84.0 Å². The molecule has 3 aliphatic heterocycles. The Morgan fingerprint density at radius 2 is 1.67 bits per heavy atom. The highest BCUT2D eigenvalue weighted by Gasteiger charge is 2.86. The van der Waals surface area contributed by atoms with E-state index in [0.717, 1.165) is 62.7 Å². The second kappa shape index (κ2) is 12.7. The van der Waals surface area contributed by atoms with E-state index in [1.807, 2.05) is 0 Å². The van der Waals surface area contributed by atoms with Crippen LogP contribution in [-0.4, -0.2) is 104 Å². The van der Waals surface area contributed by atoms with Crippen LogP contribution in [0.15, 0.2) is 11.6 Å². The molecule has 3 heterocycles. The Kier molecular flexibility index (Phi) is 8.98. The Morgan fingerprint density at radius 3 is 2.33 bits per heavy atom. The van der Waals surface area contributed by atoms with Gasteiger partial charge in [-0.3, -0.25) is 4.79 Å². The first kappa shape index (κ1) is 33.8. The van der Waals surface area contributed by atoms with Crippen molar-refractivity contribution in [1.29, 1.82) is 0 Å². The summed E-state index contributed by atoms with van der Waals surface area (Å²) < 4.78 is 7.50. The summed E-state index contributed by atoms with van der Waals surface area (Å²) >= 11 is 0. The van der Waals surface area contributed by atoms with Crippen molar-refractivity contribution in [3.8, 4) is 0 Å². The number of fused-ring (bicyclic) bond motifs is 2. The highest BCUT2D eigenvalue weighted by Crippen LogP contribution is 2.84.